The zero-order valence-corrected chi connectivity index (χ0v) is 7.02. The highest BCUT2D eigenvalue weighted by Gasteiger charge is 2.11. The van der Waals surface area contributed by atoms with Crippen LogP contribution >= 0.6 is 0 Å². The van der Waals surface area contributed by atoms with Gasteiger partial charge in [0.25, 0.3) is 15.8 Å². The number of nitrogens with zero attached hydrogens (tertiary/aromatic N) is 1. The third kappa shape index (κ3) is 2.23. The molecular weight excluding hydrogens is 198 g/mol. The molecule has 0 unspecified atom stereocenters. The molecule has 0 aromatic heterocycles. The van der Waals surface area contributed by atoms with Crippen molar-refractivity contribution in [1.82, 2.24) is 0 Å². The molecule has 0 saturated carbocycles. The molecule has 1 N–H and O–H groups in total. The number of nitro groups is 1. The minimum absolute atomic E-state index is 0.228. The fourth-order valence-electron chi connectivity index (χ4n) is 0.735. The van der Waals surface area contributed by atoms with Crippen LogP contribution in [0.3, 0.4) is 0 Å². The zero-order chi connectivity index (χ0) is 10.8. The lowest BCUT2D eigenvalue weighted by atomic mass is 10.3. The van der Waals surface area contributed by atoms with Crippen LogP contribution in [-0.4, -0.2) is 17.9 Å². The first-order chi connectivity index (χ1) is 6.47. The molecule has 7 heteroatoms. The smallest absolute Gasteiger partial charge is 0.282 e. The van der Waals surface area contributed by atoms with E-state index in [1.54, 1.807) is 0 Å². The number of nitro benzene ring substituents is 1. The first-order valence-electron chi connectivity index (χ1n) is 3.52. The van der Waals surface area contributed by atoms with Crippen LogP contribution in [0, 0.1) is 10.1 Å². The Morgan fingerprint density at radius 2 is 1.92 bits per heavy atom. The molecule has 1 rings (SSSR count). The summed E-state index contributed by atoms with van der Waals surface area (Å²) in [5.74, 6) is 0. The van der Waals surface area contributed by atoms with Gasteiger partial charge >= 0.3 is 0 Å². The van der Waals surface area contributed by atoms with Gasteiger partial charge in [0.1, 0.15) is 0 Å². The Kier molecular flexibility index (Phi) is 1.95. The molecule has 0 aliphatic rings. The van der Waals surface area contributed by atoms with Gasteiger partial charge in [-0.2, -0.15) is 8.42 Å². The van der Waals surface area contributed by atoms with Gasteiger partial charge in [-0.15, -0.1) is 0 Å². The maximum Gasteiger partial charge on any atom is 0.294 e. The largest absolute Gasteiger partial charge is 0.294 e. The van der Waals surface area contributed by atoms with Crippen LogP contribution in [0.15, 0.2) is 29.2 Å². The highest BCUT2D eigenvalue weighted by atomic mass is 32.2. The van der Waals surface area contributed by atoms with Crippen molar-refractivity contribution < 1.29 is 17.9 Å². The number of benzene rings is 1. The van der Waals surface area contributed by atoms with Gasteiger partial charge in [0.2, 0.25) is 1.43 Å². The van der Waals surface area contributed by atoms with Crippen LogP contribution in [0.2, 0.25) is 0 Å². The van der Waals surface area contributed by atoms with E-state index in [2.05, 4.69) is 4.56 Å². The Morgan fingerprint density at radius 3 is 2.31 bits per heavy atom. The van der Waals surface area contributed by atoms with Gasteiger partial charge in [0, 0.05) is 12.1 Å². The first kappa shape index (κ1) is 8.14. The van der Waals surface area contributed by atoms with Crippen LogP contribution in [0.1, 0.15) is 0 Å². The predicted molar refractivity (Wildman–Crippen MR) is 42.9 cm³/mol. The lowest BCUT2D eigenvalue weighted by Crippen LogP contribution is -1.97. The van der Waals surface area contributed by atoms with Crippen molar-refractivity contribution in [3.63, 3.8) is 0 Å². The molecule has 0 aliphatic heterocycles. The number of non-ortho nitro benzene ring substituents is 1. The van der Waals surface area contributed by atoms with Crippen LogP contribution in [0.25, 0.3) is 1.43 Å². The normalized spacial score (nSPS) is 12.2. The van der Waals surface area contributed by atoms with Crippen molar-refractivity contribution in [3.05, 3.63) is 34.4 Å². The van der Waals surface area contributed by atoms with Crippen molar-refractivity contribution in [2.24, 2.45) is 0 Å². The van der Waals surface area contributed by atoms with Gasteiger partial charge in [0.05, 0.1) is 9.82 Å². The average molecular weight is 204 g/mol. The summed E-state index contributed by atoms with van der Waals surface area (Å²) in [4.78, 5) is 9.27. The summed E-state index contributed by atoms with van der Waals surface area (Å²) in [5, 5.41) is 10.2. The Labute approximate surface area is 75.2 Å². The van der Waals surface area contributed by atoms with Crippen molar-refractivity contribution in [3.8, 4) is 0 Å². The molecule has 6 nitrogen and oxygen atoms in total. The SMILES string of the molecule is [2H]OS(=O)(=O)c1ccc([N+](=O)[O-])cc1. The van der Waals surface area contributed by atoms with E-state index in [4.69, 9.17) is 1.43 Å². The Hall–Kier alpha value is -1.47. The van der Waals surface area contributed by atoms with Crippen LogP contribution in [-0.2, 0) is 10.1 Å². The molecule has 70 valence electrons. The van der Waals surface area contributed by atoms with Crippen LogP contribution in [0.5, 0.6) is 0 Å². The van der Waals surface area contributed by atoms with E-state index in [1.807, 2.05) is 0 Å². The monoisotopic (exact) mass is 204 g/mol. The van der Waals surface area contributed by atoms with Gasteiger partial charge in [-0.25, -0.2) is 0 Å². The van der Waals surface area contributed by atoms with Gasteiger partial charge in [-0.05, 0) is 12.1 Å². The van der Waals surface area contributed by atoms with Gasteiger partial charge in [-0.1, -0.05) is 0 Å². The predicted octanol–water partition coefficient (Wildman–Crippen LogP) is 0.842. The number of hydrogen-bond donors (Lipinski definition) is 1. The van der Waals surface area contributed by atoms with Crippen molar-refractivity contribution >= 4 is 15.8 Å². The second kappa shape index (κ2) is 3.11. The summed E-state index contributed by atoms with van der Waals surface area (Å²) >= 11 is 0. The standard InChI is InChI=1S/C6H5NO5S/c8-7(9)5-1-3-6(4-2-5)13(10,11)12/h1-4H,(H,10,11,12)/i/hD. The molecular formula is C6H5NO5S. The molecule has 0 bridgehead atoms. The molecule has 0 amide bonds. The number of rotatable bonds is 3. The highest BCUT2D eigenvalue weighted by molar-refractivity contribution is 7.85. The molecule has 13 heavy (non-hydrogen) atoms. The molecule has 0 spiro atoms. The molecule has 0 aliphatic carbocycles. The van der Waals surface area contributed by atoms with Gasteiger partial charge in [0.15, 0.2) is 0 Å². The minimum Gasteiger partial charge on any atom is -0.282 e. The minimum atomic E-state index is -4.10. The Balaban J connectivity index is 3.12. The quantitative estimate of drug-likeness (QED) is 0.447. The van der Waals surface area contributed by atoms with Crippen molar-refractivity contribution in [2.45, 2.75) is 4.90 Å². The zero-order valence-electron chi connectivity index (χ0n) is 7.21. The second-order valence-electron chi connectivity index (χ2n) is 2.21. The van der Waals surface area contributed by atoms with Crippen LogP contribution in [0.4, 0.5) is 5.69 Å². The molecule has 1 aromatic carbocycles. The summed E-state index contributed by atoms with van der Waals surface area (Å²) in [6, 6.07) is 4.04. The van der Waals surface area contributed by atoms with E-state index in [0.717, 1.165) is 24.3 Å². The van der Waals surface area contributed by atoms with Crippen molar-refractivity contribution in [2.75, 3.05) is 0 Å². The van der Waals surface area contributed by atoms with Gasteiger partial charge < -0.3 is 0 Å². The molecule has 1 aromatic rings. The fraction of sp³-hybridized carbons (Fsp3) is 0. The lowest BCUT2D eigenvalue weighted by Gasteiger charge is -1.94. The van der Waals surface area contributed by atoms with E-state index in [-0.39, 0.29) is 10.6 Å². The van der Waals surface area contributed by atoms with Gasteiger partial charge in [-0.3, -0.25) is 14.7 Å². The third-order valence-electron chi connectivity index (χ3n) is 1.34. The van der Waals surface area contributed by atoms with E-state index in [1.165, 1.54) is 0 Å². The summed E-state index contributed by atoms with van der Waals surface area (Å²) < 4.78 is 31.5. The maximum absolute atomic E-state index is 10.9. The molecule has 0 fully saturated rings. The van der Waals surface area contributed by atoms with Crippen molar-refractivity contribution in [1.29, 1.82) is 1.43 Å². The Morgan fingerprint density at radius 1 is 1.38 bits per heavy atom. The number of hydrogen-bond acceptors (Lipinski definition) is 5. The maximum atomic E-state index is 10.9. The summed E-state index contributed by atoms with van der Waals surface area (Å²) in [6.45, 7) is 0. The van der Waals surface area contributed by atoms with E-state index < -0.39 is 15.0 Å². The molecule has 0 atom stereocenters. The first-order valence-corrected chi connectivity index (χ1v) is 4.52. The fourth-order valence-corrected chi connectivity index (χ4v) is 1.20. The Bertz CT molecular complexity index is 440. The highest BCUT2D eigenvalue weighted by Crippen LogP contribution is 2.14. The third-order valence-corrected chi connectivity index (χ3v) is 2.19. The van der Waals surface area contributed by atoms with E-state index >= 15 is 0 Å². The van der Waals surface area contributed by atoms with E-state index in [0.29, 0.717) is 0 Å². The van der Waals surface area contributed by atoms with Crippen LogP contribution < -0.4 is 0 Å². The summed E-state index contributed by atoms with van der Waals surface area (Å²) in [5.41, 5.74) is -0.228. The lowest BCUT2D eigenvalue weighted by molar-refractivity contribution is -0.384. The molecule has 0 radical (unpaired) electrons. The molecule has 0 saturated heterocycles. The topological polar surface area (TPSA) is 97.5 Å². The second-order valence-corrected chi connectivity index (χ2v) is 3.58. The molecule has 0 heterocycles. The average Bonchev–Trinajstić information content (AvgIpc) is 2.18. The summed E-state index contributed by atoms with van der Waals surface area (Å²) in [7, 11) is -4.10. The summed E-state index contributed by atoms with van der Waals surface area (Å²) in [6.07, 6.45) is 0. The van der Waals surface area contributed by atoms with E-state index in [9.17, 15) is 18.5 Å².